The molecular weight excluding hydrogens is 452 g/mol. The van der Waals surface area contributed by atoms with Crippen LogP contribution in [0.4, 0.5) is 0 Å². The van der Waals surface area contributed by atoms with Crippen LogP contribution >= 0.6 is 15.9 Å². The van der Waals surface area contributed by atoms with Crippen LogP contribution in [0.3, 0.4) is 0 Å². The van der Waals surface area contributed by atoms with E-state index in [1.165, 1.54) is 0 Å². The molecule has 29 heavy (non-hydrogen) atoms. The number of nitrogens with two attached hydrogens (primary N) is 1. The molecule has 7 heteroatoms. The van der Waals surface area contributed by atoms with Crippen molar-refractivity contribution in [1.82, 2.24) is 4.31 Å². The van der Waals surface area contributed by atoms with Crippen LogP contribution in [0.2, 0.25) is 0 Å². The zero-order chi connectivity index (χ0) is 21.3. The number of ether oxygens (including phenoxy) is 1. The molecule has 164 valence electrons. The number of halogens is 1. The highest BCUT2D eigenvalue weighted by Crippen LogP contribution is 2.30. The van der Waals surface area contributed by atoms with Gasteiger partial charge in [0, 0.05) is 17.6 Å². The van der Waals surface area contributed by atoms with Gasteiger partial charge in [0.15, 0.2) is 0 Å². The molecule has 5 nitrogen and oxygen atoms in total. The number of sulfonamides is 1. The second-order valence-corrected chi connectivity index (χ2v) is 10.7. The first-order valence-electron chi connectivity index (χ1n) is 10.6. The zero-order valence-corrected chi connectivity index (χ0v) is 19.8. The van der Waals surface area contributed by atoms with Crippen LogP contribution in [0.15, 0.2) is 46.3 Å². The normalized spacial score (nSPS) is 21.2. The first kappa shape index (κ1) is 24.5. The standard InChI is InChI=1S/C22H35BrN2O3S/c1-3-7-20(8-5-4-6-17-24)28-21-13-11-19(12-14-21)25(2)29(26,27)22-15-9-18(23)10-16-22/h3,9-10,15-16,19-21H,1,4-8,11-14,17,24H2,2H3. The van der Waals surface area contributed by atoms with Gasteiger partial charge in [-0.25, -0.2) is 8.42 Å². The third-order valence-electron chi connectivity index (χ3n) is 5.69. The van der Waals surface area contributed by atoms with Gasteiger partial charge < -0.3 is 10.5 Å². The molecule has 0 heterocycles. The maximum atomic E-state index is 12.9. The Bertz CT molecular complexity index is 716. The van der Waals surface area contributed by atoms with Crippen molar-refractivity contribution in [1.29, 1.82) is 0 Å². The van der Waals surface area contributed by atoms with Crippen LogP contribution in [0.5, 0.6) is 0 Å². The quantitative estimate of drug-likeness (QED) is 0.338. The van der Waals surface area contributed by atoms with Crippen LogP contribution in [-0.2, 0) is 14.8 Å². The predicted molar refractivity (Wildman–Crippen MR) is 122 cm³/mol. The van der Waals surface area contributed by atoms with Crippen LogP contribution in [0, 0.1) is 0 Å². The lowest BCUT2D eigenvalue weighted by atomic mass is 9.92. The van der Waals surface area contributed by atoms with Gasteiger partial charge in [0.1, 0.15) is 0 Å². The molecule has 1 aromatic rings. The van der Waals surface area contributed by atoms with E-state index in [1.54, 1.807) is 35.6 Å². The maximum Gasteiger partial charge on any atom is 0.243 e. The monoisotopic (exact) mass is 486 g/mol. The van der Waals surface area contributed by atoms with Crippen molar-refractivity contribution in [2.75, 3.05) is 13.6 Å². The van der Waals surface area contributed by atoms with Crippen molar-refractivity contribution >= 4 is 26.0 Å². The molecular formula is C22H35BrN2O3S. The topological polar surface area (TPSA) is 72.6 Å². The van der Waals surface area contributed by atoms with Crippen molar-refractivity contribution in [3.8, 4) is 0 Å². The first-order chi connectivity index (χ1) is 13.9. The minimum Gasteiger partial charge on any atom is -0.375 e. The molecule has 2 N–H and O–H groups in total. The second kappa shape index (κ2) is 12.2. The Morgan fingerprint density at radius 1 is 1.21 bits per heavy atom. The van der Waals surface area contributed by atoms with Gasteiger partial charge in [-0.2, -0.15) is 4.31 Å². The summed E-state index contributed by atoms with van der Waals surface area (Å²) >= 11 is 3.35. The van der Waals surface area contributed by atoms with E-state index in [1.807, 2.05) is 6.08 Å². The Balaban J connectivity index is 1.86. The smallest absolute Gasteiger partial charge is 0.243 e. The summed E-state index contributed by atoms with van der Waals surface area (Å²) in [5.74, 6) is 0. The first-order valence-corrected chi connectivity index (χ1v) is 12.8. The minimum absolute atomic E-state index is 0.0194. The summed E-state index contributed by atoms with van der Waals surface area (Å²) in [4.78, 5) is 0.338. The molecule has 0 saturated heterocycles. The third-order valence-corrected chi connectivity index (χ3v) is 8.15. The van der Waals surface area contributed by atoms with Gasteiger partial charge in [0.2, 0.25) is 10.0 Å². The van der Waals surface area contributed by atoms with Crippen molar-refractivity contribution < 1.29 is 13.2 Å². The number of hydrogen-bond donors (Lipinski definition) is 1. The van der Waals surface area contributed by atoms with E-state index in [0.29, 0.717) is 4.90 Å². The van der Waals surface area contributed by atoms with Gasteiger partial charge >= 0.3 is 0 Å². The molecule has 1 aliphatic rings. The fourth-order valence-electron chi connectivity index (χ4n) is 3.91. The summed E-state index contributed by atoms with van der Waals surface area (Å²) in [7, 11) is -1.78. The number of nitrogens with zero attached hydrogens (tertiary/aromatic N) is 1. The third kappa shape index (κ3) is 7.47. The molecule has 1 atom stereocenters. The summed E-state index contributed by atoms with van der Waals surface area (Å²) in [6.45, 7) is 4.60. The van der Waals surface area contributed by atoms with Crippen molar-refractivity contribution in [3.05, 3.63) is 41.4 Å². The molecule has 1 saturated carbocycles. The van der Waals surface area contributed by atoms with Crippen molar-refractivity contribution in [2.24, 2.45) is 5.73 Å². The maximum absolute atomic E-state index is 12.9. The highest BCUT2D eigenvalue weighted by Gasteiger charge is 2.32. The van der Waals surface area contributed by atoms with Gasteiger partial charge in [-0.05, 0) is 75.8 Å². The minimum atomic E-state index is -3.47. The number of unbranched alkanes of at least 4 members (excludes halogenated alkanes) is 2. The summed E-state index contributed by atoms with van der Waals surface area (Å²) in [5, 5.41) is 0. The molecule has 0 aliphatic heterocycles. The van der Waals surface area contributed by atoms with E-state index in [2.05, 4.69) is 22.5 Å². The SMILES string of the molecule is C=CCC(CCCCCN)OC1CCC(N(C)S(=O)(=O)c2ccc(Br)cc2)CC1. The van der Waals surface area contributed by atoms with Crippen molar-refractivity contribution in [2.45, 2.75) is 80.9 Å². The molecule has 2 rings (SSSR count). The molecule has 0 bridgehead atoms. The molecule has 1 unspecified atom stereocenters. The lowest BCUT2D eigenvalue weighted by molar-refractivity contribution is -0.0390. The molecule has 0 aromatic heterocycles. The summed E-state index contributed by atoms with van der Waals surface area (Å²) in [6.07, 6.45) is 11.0. The van der Waals surface area contributed by atoms with Crippen molar-refractivity contribution in [3.63, 3.8) is 0 Å². The molecule has 1 fully saturated rings. The van der Waals surface area contributed by atoms with E-state index in [4.69, 9.17) is 10.5 Å². The van der Waals surface area contributed by atoms with Gasteiger partial charge in [0.05, 0.1) is 17.1 Å². The largest absolute Gasteiger partial charge is 0.375 e. The average Bonchev–Trinajstić information content (AvgIpc) is 2.71. The van der Waals surface area contributed by atoms with E-state index < -0.39 is 10.0 Å². The molecule has 0 radical (unpaired) electrons. The van der Waals surface area contributed by atoms with Crippen LogP contribution < -0.4 is 5.73 Å². The Hall–Kier alpha value is -0.730. The number of hydrogen-bond acceptors (Lipinski definition) is 4. The lowest BCUT2D eigenvalue weighted by Crippen LogP contribution is -2.41. The lowest BCUT2D eigenvalue weighted by Gasteiger charge is -2.35. The van der Waals surface area contributed by atoms with Gasteiger partial charge in [-0.3, -0.25) is 0 Å². The average molecular weight is 488 g/mol. The van der Waals surface area contributed by atoms with E-state index >= 15 is 0 Å². The Labute approximate surface area is 184 Å². The second-order valence-electron chi connectivity index (χ2n) is 7.83. The Morgan fingerprint density at radius 2 is 1.86 bits per heavy atom. The molecule has 0 amide bonds. The Kier molecular flexibility index (Phi) is 10.3. The van der Waals surface area contributed by atoms with Gasteiger partial charge in [0.25, 0.3) is 0 Å². The summed E-state index contributed by atoms with van der Waals surface area (Å²) in [5.41, 5.74) is 5.57. The van der Waals surface area contributed by atoms with Gasteiger partial charge in [-0.15, -0.1) is 6.58 Å². The molecule has 1 aromatic carbocycles. The zero-order valence-electron chi connectivity index (χ0n) is 17.4. The highest BCUT2D eigenvalue weighted by molar-refractivity contribution is 9.10. The summed E-state index contributed by atoms with van der Waals surface area (Å²) in [6, 6.07) is 6.84. The summed E-state index contributed by atoms with van der Waals surface area (Å²) < 4.78 is 34.6. The van der Waals surface area contributed by atoms with Crippen LogP contribution in [0.25, 0.3) is 0 Å². The Morgan fingerprint density at radius 3 is 2.45 bits per heavy atom. The van der Waals surface area contributed by atoms with Crippen LogP contribution in [-0.4, -0.2) is 44.6 Å². The number of benzene rings is 1. The van der Waals surface area contributed by atoms with Gasteiger partial charge in [-0.1, -0.05) is 34.8 Å². The fraction of sp³-hybridized carbons (Fsp3) is 0.636. The molecule has 0 spiro atoms. The van der Waals surface area contributed by atoms with E-state index in [0.717, 1.165) is 68.8 Å². The fourth-order valence-corrected chi connectivity index (χ4v) is 5.59. The van der Waals surface area contributed by atoms with Crippen LogP contribution in [0.1, 0.15) is 57.8 Å². The highest BCUT2D eigenvalue weighted by atomic mass is 79.9. The number of rotatable bonds is 12. The van der Waals surface area contributed by atoms with E-state index in [-0.39, 0.29) is 18.2 Å². The van der Waals surface area contributed by atoms with E-state index in [9.17, 15) is 8.42 Å². The predicted octanol–water partition coefficient (Wildman–Crippen LogP) is 4.86. The molecule has 1 aliphatic carbocycles.